The van der Waals surface area contributed by atoms with Gasteiger partial charge in [-0.1, -0.05) is 135 Å². The number of anilines is 3. The van der Waals surface area contributed by atoms with Gasteiger partial charge >= 0.3 is 0 Å². The highest BCUT2D eigenvalue weighted by Crippen LogP contribution is 2.52. The smallest absolute Gasteiger partial charge is 0.160 e. The van der Waals surface area contributed by atoms with Crippen LogP contribution in [-0.4, -0.2) is 9.97 Å². The molecule has 9 aromatic rings. The van der Waals surface area contributed by atoms with E-state index in [0.717, 1.165) is 33.9 Å². The molecule has 0 saturated carbocycles. The van der Waals surface area contributed by atoms with Crippen LogP contribution in [0, 0.1) is 0 Å². The third-order valence-corrected chi connectivity index (χ3v) is 10.5. The number of hydrogen-bond donors (Lipinski definition) is 0. The average Bonchev–Trinajstić information content (AvgIpc) is 3.17. The predicted molar refractivity (Wildman–Crippen MR) is 209 cm³/mol. The zero-order valence-corrected chi connectivity index (χ0v) is 27.9. The average molecular weight is 640 g/mol. The number of hydrogen-bond acceptors (Lipinski definition) is 3. The highest BCUT2D eigenvalue weighted by atomic mass is 15.2. The van der Waals surface area contributed by atoms with Crippen molar-refractivity contribution < 1.29 is 0 Å². The van der Waals surface area contributed by atoms with Gasteiger partial charge in [-0.15, -0.1) is 0 Å². The van der Waals surface area contributed by atoms with Crippen molar-refractivity contribution in [1.82, 2.24) is 9.97 Å². The Morgan fingerprint density at radius 1 is 0.420 bits per heavy atom. The SMILES string of the molecule is CC1(C)c2ccccc2N(c2cc3ccc4cc(-c5cc(-c6ccccc6)nc(-c6ccccc6)n5)cc5ccc(c2)c3c45)c2ccccc21. The molecule has 1 aliphatic heterocycles. The van der Waals surface area contributed by atoms with Gasteiger partial charge in [0, 0.05) is 27.8 Å². The number of benzene rings is 8. The van der Waals surface area contributed by atoms with Crippen LogP contribution in [0.4, 0.5) is 17.1 Å². The summed E-state index contributed by atoms with van der Waals surface area (Å²) in [6.07, 6.45) is 0. The Labute approximate surface area is 291 Å². The van der Waals surface area contributed by atoms with Crippen molar-refractivity contribution in [3.05, 3.63) is 175 Å². The minimum Gasteiger partial charge on any atom is -0.310 e. The molecule has 1 aliphatic rings. The molecule has 3 heteroatoms. The van der Waals surface area contributed by atoms with Gasteiger partial charge in [0.1, 0.15) is 0 Å². The summed E-state index contributed by atoms with van der Waals surface area (Å²) >= 11 is 0. The van der Waals surface area contributed by atoms with Gasteiger partial charge in [0.2, 0.25) is 0 Å². The number of nitrogens with zero attached hydrogens (tertiary/aromatic N) is 3. The molecule has 0 fully saturated rings. The van der Waals surface area contributed by atoms with Crippen molar-refractivity contribution in [3.8, 4) is 33.9 Å². The van der Waals surface area contributed by atoms with Gasteiger partial charge in [-0.2, -0.15) is 0 Å². The minimum absolute atomic E-state index is 0.0924. The first kappa shape index (κ1) is 28.7. The minimum atomic E-state index is -0.0924. The molecular weight excluding hydrogens is 607 g/mol. The first-order valence-electron chi connectivity index (χ1n) is 17.2. The van der Waals surface area contributed by atoms with Crippen molar-refractivity contribution in [1.29, 1.82) is 0 Å². The zero-order chi connectivity index (χ0) is 33.4. The van der Waals surface area contributed by atoms with E-state index in [9.17, 15) is 0 Å². The normalized spacial score (nSPS) is 13.5. The van der Waals surface area contributed by atoms with E-state index < -0.39 is 0 Å². The largest absolute Gasteiger partial charge is 0.310 e. The fraction of sp³-hybridized carbons (Fsp3) is 0.0638. The quantitative estimate of drug-likeness (QED) is 0.179. The maximum atomic E-state index is 5.13. The summed E-state index contributed by atoms with van der Waals surface area (Å²) < 4.78 is 0. The van der Waals surface area contributed by atoms with Crippen LogP contribution in [0.25, 0.3) is 66.2 Å². The summed E-state index contributed by atoms with van der Waals surface area (Å²) in [4.78, 5) is 12.6. The molecule has 236 valence electrons. The Kier molecular flexibility index (Phi) is 6.22. The van der Waals surface area contributed by atoms with E-state index >= 15 is 0 Å². The van der Waals surface area contributed by atoms with Crippen LogP contribution in [0.15, 0.2) is 164 Å². The second kappa shape index (κ2) is 10.8. The van der Waals surface area contributed by atoms with E-state index in [0.29, 0.717) is 0 Å². The van der Waals surface area contributed by atoms with Crippen LogP contribution in [0.1, 0.15) is 25.0 Å². The lowest BCUT2D eigenvalue weighted by Crippen LogP contribution is -2.30. The van der Waals surface area contributed by atoms with Gasteiger partial charge in [0.25, 0.3) is 0 Å². The van der Waals surface area contributed by atoms with Gasteiger partial charge in [0.15, 0.2) is 5.82 Å². The Bertz CT molecular complexity index is 2560. The van der Waals surface area contributed by atoms with Crippen molar-refractivity contribution in [3.63, 3.8) is 0 Å². The maximum Gasteiger partial charge on any atom is 0.160 e. The van der Waals surface area contributed by atoms with Crippen LogP contribution in [0.5, 0.6) is 0 Å². The Morgan fingerprint density at radius 3 is 1.40 bits per heavy atom. The van der Waals surface area contributed by atoms with Crippen LogP contribution >= 0.6 is 0 Å². The number of rotatable bonds is 4. The first-order chi connectivity index (χ1) is 24.5. The van der Waals surface area contributed by atoms with E-state index in [1.54, 1.807) is 0 Å². The summed E-state index contributed by atoms with van der Waals surface area (Å²) in [7, 11) is 0. The van der Waals surface area contributed by atoms with Crippen molar-refractivity contribution >= 4 is 49.4 Å². The summed E-state index contributed by atoms with van der Waals surface area (Å²) in [6.45, 7) is 4.67. The molecule has 0 N–H and O–H groups in total. The molecule has 0 radical (unpaired) electrons. The predicted octanol–water partition coefficient (Wildman–Crippen LogP) is 12.5. The lowest BCUT2D eigenvalue weighted by atomic mass is 9.73. The molecule has 0 bridgehead atoms. The fourth-order valence-electron chi connectivity index (χ4n) is 8.11. The fourth-order valence-corrected chi connectivity index (χ4v) is 8.11. The summed E-state index contributed by atoms with van der Waals surface area (Å²) in [5.74, 6) is 0.726. The molecule has 0 spiro atoms. The number of para-hydroxylation sites is 2. The molecule has 0 aliphatic carbocycles. The molecule has 1 aromatic heterocycles. The molecule has 2 heterocycles. The second-order valence-electron chi connectivity index (χ2n) is 13.9. The molecule has 3 nitrogen and oxygen atoms in total. The third-order valence-electron chi connectivity index (χ3n) is 10.5. The monoisotopic (exact) mass is 639 g/mol. The molecule has 0 unspecified atom stereocenters. The second-order valence-corrected chi connectivity index (χ2v) is 13.9. The highest BCUT2D eigenvalue weighted by molar-refractivity contribution is 6.24. The van der Waals surface area contributed by atoms with E-state index in [1.165, 1.54) is 60.5 Å². The number of aromatic nitrogens is 2. The van der Waals surface area contributed by atoms with Gasteiger partial charge < -0.3 is 4.90 Å². The van der Waals surface area contributed by atoms with Gasteiger partial charge in [-0.25, -0.2) is 9.97 Å². The van der Waals surface area contributed by atoms with Gasteiger partial charge in [0.05, 0.1) is 22.8 Å². The number of fused-ring (bicyclic) bond motifs is 2. The molecule has 0 saturated heterocycles. The molecule has 0 atom stereocenters. The summed E-state index contributed by atoms with van der Waals surface area (Å²) in [5, 5.41) is 7.48. The van der Waals surface area contributed by atoms with Crippen LogP contribution in [0.3, 0.4) is 0 Å². The topological polar surface area (TPSA) is 29.0 Å². The van der Waals surface area contributed by atoms with Crippen molar-refractivity contribution in [2.24, 2.45) is 0 Å². The molecular formula is C47H33N3. The van der Waals surface area contributed by atoms with Crippen LogP contribution < -0.4 is 4.90 Å². The van der Waals surface area contributed by atoms with E-state index in [4.69, 9.17) is 9.97 Å². The lowest BCUT2D eigenvalue weighted by Gasteiger charge is -2.42. The first-order valence-corrected chi connectivity index (χ1v) is 17.2. The Hall–Kier alpha value is -6.32. The highest BCUT2D eigenvalue weighted by Gasteiger charge is 2.36. The Balaban J connectivity index is 1.14. The van der Waals surface area contributed by atoms with E-state index in [1.807, 2.05) is 24.3 Å². The van der Waals surface area contributed by atoms with Gasteiger partial charge in [-0.3, -0.25) is 0 Å². The van der Waals surface area contributed by atoms with Crippen LogP contribution in [0.2, 0.25) is 0 Å². The molecule has 8 aromatic carbocycles. The van der Waals surface area contributed by atoms with Crippen molar-refractivity contribution in [2.45, 2.75) is 19.3 Å². The van der Waals surface area contributed by atoms with Gasteiger partial charge in [-0.05, 0) is 85.9 Å². The summed E-state index contributed by atoms with van der Waals surface area (Å²) in [6, 6.07) is 58.9. The summed E-state index contributed by atoms with van der Waals surface area (Å²) in [5.41, 5.74) is 11.2. The standard InChI is InChI=1S/C47H33N3/c1-47(2)38-17-9-11-19-42(38)50(43-20-12-10-18-39(43)47)37-27-34-23-21-32-25-36(26-33-22-24-35(28-37)45(34)44(32)33)41-29-40(30-13-5-3-6-14-30)48-46(49-41)31-15-7-4-8-16-31/h3-29H,1-2H3. The van der Waals surface area contributed by atoms with Crippen molar-refractivity contribution in [2.75, 3.05) is 4.90 Å². The molecule has 0 amide bonds. The lowest BCUT2D eigenvalue weighted by molar-refractivity contribution is 0.632. The molecule has 10 rings (SSSR count). The Morgan fingerprint density at radius 2 is 0.860 bits per heavy atom. The van der Waals surface area contributed by atoms with E-state index in [2.05, 4.69) is 158 Å². The zero-order valence-electron chi connectivity index (χ0n) is 27.9. The maximum absolute atomic E-state index is 5.13. The molecule has 50 heavy (non-hydrogen) atoms. The third kappa shape index (κ3) is 4.37. The van der Waals surface area contributed by atoms with E-state index in [-0.39, 0.29) is 5.41 Å². The van der Waals surface area contributed by atoms with Crippen LogP contribution in [-0.2, 0) is 5.41 Å².